The summed E-state index contributed by atoms with van der Waals surface area (Å²) in [6.07, 6.45) is 2.11. The van der Waals surface area contributed by atoms with E-state index in [1.54, 1.807) is 0 Å². The van der Waals surface area contributed by atoms with Crippen LogP contribution in [0.15, 0.2) is 34.8 Å². The molecule has 0 heterocycles. The molecule has 0 aliphatic carbocycles. The quantitative estimate of drug-likeness (QED) is 0.748. The van der Waals surface area contributed by atoms with Gasteiger partial charge in [-0.2, -0.15) is 4.39 Å². The van der Waals surface area contributed by atoms with E-state index in [-0.39, 0.29) is 6.42 Å². The number of hydrogen-bond donors (Lipinski definition) is 0. The minimum absolute atomic E-state index is 0.00346. The van der Waals surface area contributed by atoms with Crippen LogP contribution >= 0.6 is 15.9 Å². The van der Waals surface area contributed by atoms with E-state index in [0.717, 1.165) is 18.4 Å². The zero-order valence-corrected chi connectivity index (χ0v) is 10.2. The minimum atomic E-state index is -0.917. The van der Waals surface area contributed by atoms with E-state index in [1.807, 2.05) is 24.3 Å². The Hall–Kier alpha value is -0.700. The number of allylic oxidation sites excluding steroid dienone is 1. The molecule has 3 heteroatoms. The van der Waals surface area contributed by atoms with Crippen molar-refractivity contribution in [1.29, 1.82) is 0 Å². The van der Waals surface area contributed by atoms with Gasteiger partial charge < -0.3 is 0 Å². The molecule has 15 heavy (non-hydrogen) atoms. The van der Waals surface area contributed by atoms with E-state index in [9.17, 15) is 8.78 Å². The summed E-state index contributed by atoms with van der Waals surface area (Å²) in [6, 6.07) is 7.58. The van der Waals surface area contributed by atoms with Gasteiger partial charge in [0.05, 0.1) is 0 Å². The van der Waals surface area contributed by atoms with E-state index < -0.39 is 10.6 Å². The highest BCUT2D eigenvalue weighted by molar-refractivity contribution is 9.11. The lowest BCUT2D eigenvalue weighted by molar-refractivity contribution is 0.556. The van der Waals surface area contributed by atoms with Crippen molar-refractivity contribution >= 4 is 15.9 Å². The van der Waals surface area contributed by atoms with Crippen LogP contribution in [0.4, 0.5) is 8.78 Å². The fraction of sp³-hybridized carbons (Fsp3) is 0.333. The lowest BCUT2D eigenvalue weighted by Crippen LogP contribution is -1.88. The van der Waals surface area contributed by atoms with Crippen molar-refractivity contribution in [3.8, 4) is 0 Å². The molecule has 0 aliphatic heterocycles. The van der Waals surface area contributed by atoms with Crippen LogP contribution in [0.3, 0.4) is 0 Å². The predicted molar refractivity (Wildman–Crippen MR) is 62.3 cm³/mol. The van der Waals surface area contributed by atoms with Crippen LogP contribution in [0, 0.1) is 0 Å². The second-order valence-corrected chi connectivity index (χ2v) is 4.10. The Balaban J connectivity index is 2.69. The molecule has 0 fully saturated rings. The molecule has 82 valence electrons. The molecule has 0 aromatic heterocycles. The molecule has 0 saturated heterocycles. The van der Waals surface area contributed by atoms with Gasteiger partial charge in [-0.15, -0.1) is 0 Å². The molecular weight excluding hydrogens is 262 g/mol. The lowest BCUT2D eigenvalue weighted by Gasteiger charge is -2.02. The number of hydrogen-bond acceptors (Lipinski definition) is 0. The largest absolute Gasteiger partial charge is 0.208 e. The van der Waals surface area contributed by atoms with Gasteiger partial charge in [-0.3, -0.25) is 0 Å². The highest BCUT2D eigenvalue weighted by atomic mass is 79.9. The van der Waals surface area contributed by atoms with E-state index in [2.05, 4.69) is 22.9 Å². The average molecular weight is 275 g/mol. The molecule has 1 rings (SSSR count). The predicted octanol–water partition coefficient (Wildman–Crippen LogP) is 4.68. The van der Waals surface area contributed by atoms with Crippen molar-refractivity contribution in [2.75, 3.05) is 0 Å². The van der Waals surface area contributed by atoms with Crippen molar-refractivity contribution < 1.29 is 8.78 Å². The van der Waals surface area contributed by atoms with E-state index in [0.29, 0.717) is 0 Å². The number of aryl methyl sites for hydroxylation is 1. The van der Waals surface area contributed by atoms with Crippen molar-refractivity contribution in [2.24, 2.45) is 0 Å². The molecule has 1 aromatic rings. The van der Waals surface area contributed by atoms with E-state index in [4.69, 9.17) is 0 Å². The summed E-state index contributed by atoms with van der Waals surface area (Å²) in [6.45, 7) is 2.11. The summed E-state index contributed by atoms with van der Waals surface area (Å²) in [7, 11) is 0. The maximum absolute atomic E-state index is 12.9. The Morgan fingerprint density at radius 2 is 1.67 bits per heavy atom. The first kappa shape index (κ1) is 12.4. The van der Waals surface area contributed by atoms with Gasteiger partial charge in [-0.25, -0.2) is 4.39 Å². The standard InChI is InChI=1S/C12H13BrF2/c1-2-3-9-4-6-10(7-5-9)8-11(14)12(13)15/h4-7H,2-3,8H2,1H3. The molecule has 0 radical (unpaired) electrons. The molecule has 0 amide bonds. The fourth-order valence-corrected chi connectivity index (χ4v) is 1.50. The molecule has 1 aromatic carbocycles. The molecule has 0 atom stereocenters. The van der Waals surface area contributed by atoms with Crippen LogP contribution in [0.25, 0.3) is 0 Å². The maximum atomic E-state index is 12.9. The van der Waals surface area contributed by atoms with Crippen LogP contribution in [0.1, 0.15) is 24.5 Å². The third kappa shape index (κ3) is 4.12. The summed E-state index contributed by atoms with van der Waals surface area (Å²) in [5.74, 6) is -0.766. The first-order valence-electron chi connectivity index (χ1n) is 4.91. The van der Waals surface area contributed by atoms with Gasteiger partial charge >= 0.3 is 0 Å². The smallest absolute Gasteiger partial charge is 0.197 e. The highest BCUT2D eigenvalue weighted by Gasteiger charge is 2.04. The van der Waals surface area contributed by atoms with Gasteiger partial charge in [-0.1, -0.05) is 37.6 Å². The van der Waals surface area contributed by atoms with Crippen molar-refractivity contribution in [3.63, 3.8) is 0 Å². The Labute approximate surface area is 97.1 Å². The van der Waals surface area contributed by atoms with Gasteiger partial charge in [0.15, 0.2) is 4.74 Å². The van der Waals surface area contributed by atoms with Crippen molar-refractivity contribution in [1.82, 2.24) is 0 Å². The van der Waals surface area contributed by atoms with Crippen molar-refractivity contribution in [2.45, 2.75) is 26.2 Å². The third-order valence-corrected chi connectivity index (χ3v) is 2.56. The molecule has 0 aliphatic rings. The number of rotatable bonds is 4. The maximum Gasteiger partial charge on any atom is 0.197 e. The second kappa shape index (κ2) is 6.01. The first-order chi connectivity index (χ1) is 7.13. The summed E-state index contributed by atoms with van der Waals surface area (Å²) in [5, 5.41) is 0. The van der Waals surface area contributed by atoms with Crippen LogP contribution in [0.2, 0.25) is 0 Å². The molecule has 0 saturated carbocycles. The van der Waals surface area contributed by atoms with Gasteiger partial charge in [0.1, 0.15) is 5.83 Å². The molecular formula is C12H13BrF2. The SMILES string of the molecule is CCCc1ccc(CC(F)=C(F)Br)cc1. The van der Waals surface area contributed by atoms with Gasteiger partial charge in [0.2, 0.25) is 0 Å². The molecule has 0 nitrogen and oxygen atoms in total. The molecule has 0 unspecified atom stereocenters. The Morgan fingerprint density at radius 3 is 2.13 bits per heavy atom. The van der Waals surface area contributed by atoms with Crippen LogP contribution in [0.5, 0.6) is 0 Å². The average Bonchev–Trinajstić information content (AvgIpc) is 2.21. The normalized spacial score (nSPS) is 12.5. The van der Waals surface area contributed by atoms with Crippen molar-refractivity contribution in [3.05, 3.63) is 46.0 Å². The monoisotopic (exact) mass is 274 g/mol. The zero-order valence-electron chi connectivity index (χ0n) is 8.56. The lowest BCUT2D eigenvalue weighted by atomic mass is 10.1. The van der Waals surface area contributed by atoms with Crippen LogP contribution < -0.4 is 0 Å². The summed E-state index contributed by atoms with van der Waals surface area (Å²) in [4.78, 5) is 0. The summed E-state index contributed by atoms with van der Waals surface area (Å²) >= 11 is 2.47. The first-order valence-corrected chi connectivity index (χ1v) is 5.70. The number of halogens is 3. The van der Waals surface area contributed by atoms with Crippen LogP contribution in [-0.4, -0.2) is 0 Å². The van der Waals surface area contributed by atoms with Crippen LogP contribution in [-0.2, 0) is 12.8 Å². The topological polar surface area (TPSA) is 0 Å². The molecule has 0 N–H and O–H groups in total. The summed E-state index contributed by atoms with van der Waals surface area (Å²) < 4.78 is 24.4. The number of benzene rings is 1. The Bertz CT molecular complexity index is 337. The minimum Gasteiger partial charge on any atom is -0.208 e. The Morgan fingerprint density at radius 1 is 1.13 bits per heavy atom. The zero-order chi connectivity index (χ0) is 11.3. The van der Waals surface area contributed by atoms with E-state index >= 15 is 0 Å². The summed E-state index contributed by atoms with van der Waals surface area (Å²) in [5.41, 5.74) is 2.01. The molecule has 0 bridgehead atoms. The Kier molecular flexibility index (Phi) is 4.95. The van der Waals surface area contributed by atoms with E-state index in [1.165, 1.54) is 5.56 Å². The van der Waals surface area contributed by atoms with Gasteiger partial charge in [0.25, 0.3) is 0 Å². The highest BCUT2D eigenvalue weighted by Crippen LogP contribution is 2.19. The fourth-order valence-electron chi connectivity index (χ4n) is 1.36. The third-order valence-electron chi connectivity index (χ3n) is 2.13. The molecule has 0 spiro atoms. The van der Waals surface area contributed by atoms with Gasteiger partial charge in [0, 0.05) is 6.42 Å². The van der Waals surface area contributed by atoms with Gasteiger partial charge in [-0.05, 0) is 33.5 Å². The second-order valence-electron chi connectivity index (χ2n) is 3.41.